The van der Waals surface area contributed by atoms with Crippen LogP contribution in [0.25, 0.3) is 11.1 Å². The van der Waals surface area contributed by atoms with Crippen LogP contribution in [0.2, 0.25) is 0 Å². The number of rotatable bonds is 3. The minimum atomic E-state index is -3.28. The molecule has 0 amide bonds. The fourth-order valence-electron chi connectivity index (χ4n) is 2.44. The Labute approximate surface area is 133 Å². The van der Waals surface area contributed by atoms with Crippen LogP contribution in [-0.2, 0) is 19.4 Å². The maximum Gasteiger partial charge on any atom is 0.339 e. The smallest absolute Gasteiger partial charge is 0.339 e. The van der Waals surface area contributed by atoms with E-state index >= 15 is 0 Å². The van der Waals surface area contributed by atoms with Crippen LogP contribution >= 0.6 is 0 Å². The number of cyclic esters (lactones) is 1. The average molecular weight is 331 g/mol. The number of halogens is 1. The molecule has 23 heavy (non-hydrogen) atoms. The molecule has 0 bridgehead atoms. The molecule has 0 atom stereocenters. The Morgan fingerprint density at radius 1 is 0.957 bits per heavy atom. The summed E-state index contributed by atoms with van der Waals surface area (Å²) in [5.41, 5.74) is 2.29. The Hall–Kier alpha value is -2.47. The molecule has 0 aromatic heterocycles. The van der Waals surface area contributed by atoms with Gasteiger partial charge in [-0.1, -0.05) is 24.3 Å². The monoisotopic (exact) mass is 331 g/mol. The van der Waals surface area contributed by atoms with Crippen molar-refractivity contribution < 1.29 is 22.3 Å². The Kier molecular flexibility index (Phi) is 3.77. The van der Waals surface area contributed by atoms with Crippen molar-refractivity contribution in [1.29, 1.82) is 0 Å². The van der Waals surface area contributed by atoms with E-state index in [0.29, 0.717) is 22.3 Å². The molecule has 4 nitrogen and oxygen atoms in total. The molecule has 0 N–H and O–H groups in total. The second-order valence-electron chi connectivity index (χ2n) is 5.23. The van der Waals surface area contributed by atoms with Crippen LogP contribution in [-0.4, -0.2) is 27.2 Å². The van der Waals surface area contributed by atoms with E-state index in [1.54, 1.807) is 12.1 Å². The predicted octanol–water partition coefficient (Wildman–Crippen LogP) is 2.70. The van der Waals surface area contributed by atoms with E-state index < -0.39 is 15.8 Å². The van der Waals surface area contributed by atoms with Crippen LogP contribution in [0, 0.1) is 5.82 Å². The maximum atomic E-state index is 13.1. The quantitative estimate of drug-likeness (QED) is 0.812. The molecule has 1 aliphatic heterocycles. The van der Waals surface area contributed by atoms with Crippen LogP contribution in [0.15, 0.2) is 53.4 Å². The first-order chi connectivity index (χ1) is 10.9. The van der Waals surface area contributed by atoms with Crippen molar-refractivity contribution in [3.63, 3.8) is 0 Å². The largest absolute Gasteiger partial charge is 0.457 e. The summed E-state index contributed by atoms with van der Waals surface area (Å²) < 4.78 is 41.2. The molecule has 6 heteroatoms. The fraction of sp³-hybridized carbons (Fsp3) is 0.118. The van der Waals surface area contributed by atoms with Crippen molar-refractivity contribution >= 4 is 27.0 Å². The summed E-state index contributed by atoms with van der Waals surface area (Å²) >= 11 is 0. The highest BCUT2D eigenvalue weighted by atomic mass is 32.2. The third-order valence-corrected chi connectivity index (χ3v) is 4.75. The van der Waals surface area contributed by atoms with Gasteiger partial charge >= 0.3 is 5.97 Å². The van der Waals surface area contributed by atoms with Gasteiger partial charge in [-0.25, -0.2) is 17.6 Å². The molecular weight excluding hydrogens is 318 g/mol. The molecule has 0 fully saturated rings. The van der Waals surface area contributed by atoms with Gasteiger partial charge in [-0.2, -0.15) is 0 Å². The second kappa shape index (κ2) is 5.62. The van der Waals surface area contributed by atoms with E-state index in [2.05, 4.69) is 0 Å². The Bertz CT molecular complexity index is 895. The van der Waals surface area contributed by atoms with Crippen molar-refractivity contribution in [2.75, 3.05) is 12.9 Å². The first kappa shape index (κ1) is 15.4. The van der Waals surface area contributed by atoms with Gasteiger partial charge in [0.15, 0.2) is 9.84 Å². The number of carbonyl (C=O) groups is 1. The van der Waals surface area contributed by atoms with Gasteiger partial charge in [0.05, 0.1) is 10.5 Å². The maximum absolute atomic E-state index is 13.1. The third-order valence-electron chi connectivity index (χ3n) is 3.62. The fourth-order valence-corrected chi connectivity index (χ4v) is 3.08. The van der Waals surface area contributed by atoms with E-state index in [0.717, 1.165) is 6.26 Å². The number of sulfone groups is 1. The van der Waals surface area contributed by atoms with Crippen LogP contribution in [0.3, 0.4) is 0 Å². The standard InChI is InChI=1S/C17H13FO4S/c1-23(20,21)14-8-4-11(5-9-14)15-10-22-17(19)16(15)12-2-6-13(18)7-3-12/h2-9H,10H2,1H3/i18-1. The normalized spacial score (nSPS) is 15.0. The zero-order valence-electron chi connectivity index (χ0n) is 12.2. The lowest BCUT2D eigenvalue weighted by Gasteiger charge is -2.06. The molecule has 1 heterocycles. The summed E-state index contributed by atoms with van der Waals surface area (Å²) in [7, 11) is -3.28. The molecule has 0 radical (unpaired) electrons. The minimum Gasteiger partial charge on any atom is -0.457 e. The van der Waals surface area contributed by atoms with Crippen molar-refractivity contribution in [1.82, 2.24) is 0 Å². The van der Waals surface area contributed by atoms with E-state index in [9.17, 15) is 17.6 Å². The Morgan fingerprint density at radius 3 is 2.09 bits per heavy atom. The van der Waals surface area contributed by atoms with Crippen LogP contribution in [0.5, 0.6) is 0 Å². The number of carbonyl (C=O) groups excluding carboxylic acids is 1. The first-order valence-corrected chi connectivity index (χ1v) is 8.72. The molecule has 0 saturated heterocycles. The molecule has 0 unspecified atom stereocenters. The number of benzene rings is 2. The van der Waals surface area contributed by atoms with Gasteiger partial charge in [0.1, 0.15) is 12.4 Å². The average Bonchev–Trinajstić information content (AvgIpc) is 2.89. The predicted molar refractivity (Wildman–Crippen MR) is 83.7 cm³/mol. The van der Waals surface area contributed by atoms with E-state index in [4.69, 9.17) is 4.74 Å². The van der Waals surface area contributed by atoms with Crippen molar-refractivity contribution in [2.45, 2.75) is 4.90 Å². The van der Waals surface area contributed by atoms with Gasteiger partial charge < -0.3 is 4.74 Å². The van der Waals surface area contributed by atoms with Gasteiger partial charge in [0.25, 0.3) is 0 Å². The molecule has 2 aromatic carbocycles. The van der Waals surface area contributed by atoms with Crippen molar-refractivity contribution in [2.24, 2.45) is 0 Å². The van der Waals surface area contributed by atoms with E-state index in [-0.39, 0.29) is 17.3 Å². The van der Waals surface area contributed by atoms with Crippen LogP contribution in [0.1, 0.15) is 11.1 Å². The van der Waals surface area contributed by atoms with Gasteiger partial charge in [0.2, 0.25) is 0 Å². The topological polar surface area (TPSA) is 60.4 Å². The number of hydrogen-bond donors (Lipinski definition) is 0. The van der Waals surface area contributed by atoms with Gasteiger partial charge in [-0.15, -0.1) is 0 Å². The second-order valence-corrected chi connectivity index (χ2v) is 7.25. The zero-order chi connectivity index (χ0) is 16.6. The number of hydrogen-bond acceptors (Lipinski definition) is 4. The highest BCUT2D eigenvalue weighted by Crippen LogP contribution is 2.33. The zero-order valence-corrected chi connectivity index (χ0v) is 13.1. The van der Waals surface area contributed by atoms with Crippen molar-refractivity contribution in [3.8, 4) is 0 Å². The lowest BCUT2D eigenvalue weighted by Crippen LogP contribution is -1.98. The van der Waals surface area contributed by atoms with E-state index in [1.165, 1.54) is 36.4 Å². The molecule has 1 aliphatic rings. The summed E-state index contributed by atoms with van der Waals surface area (Å²) in [5.74, 6) is -0.862. The Balaban J connectivity index is 2.08. The molecule has 118 valence electrons. The first-order valence-electron chi connectivity index (χ1n) is 6.83. The molecular formula is C17H13FO4S. The van der Waals surface area contributed by atoms with Gasteiger partial charge in [-0.3, -0.25) is 0 Å². The van der Waals surface area contributed by atoms with Gasteiger partial charge in [-0.05, 0) is 35.4 Å². The summed E-state index contributed by atoms with van der Waals surface area (Å²) in [4.78, 5) is 12.2. The minimum absolute atomic E-state index is 0.101. The molecule has 0 aliphatic carbocycles. The van der Waals surface area contributed by atoms with Crippen LogP contribution < -0.4 is 0 Å². The van der Waals surface area contributed by atoms with Gasteiger partial charge in [0, 0.05) is 11.8 Å². The summed E-state index contributed by atoms with van der Waals surface area (Å²) in [6, 6.07) is 11.8. The molecule has 3 rings (SSSR count). The molecule has 0 spiro atoms. The van der Waals surface area contributed by atoms with E-state index in [1.807, 2.05) is 0 Å². The lowest BCUT2D eigenvalue weighted by atomic mass is 9.97. The summed E-state index contributed by atoms with van der Waals surface area (Å²) in [6.45, 7) is 0.101. The number of ether oxygens (including phenoxy) is 1. The SMILES string of the molecule is CS(=O)(=O)c1ccc(C2=C(c3ccc([18F])cc3)C(=O)OC2)cc1. The molecule has 2 aromatic rings. The van der Waals surface area contributed by atoms with Crippen molar-refractivity contribution in [3.05, 3.63) is 65.5 Å². The third kappa shape index (κ3) is 3.03. The highest BCUT2D eigenvalue weighted by molar-refractivity contribution is 7.90. The highest BCUT2D eigenvalue weighted by Gasteiger charge is 2.27. The Morgan fingerprint density at radius 2 is 1.52 bits per heavy atom. The lowest BCUT2D eigenvalue weighted by molar-refractivity contribution is -0.133. The van der Waals surface area contributed by atoms with Crippen LogP contribution in [0.4, 0.5) is 4.39 Å². The molecule has 0 saturated carbocycles. The number of esters is 1. The summed E-state index contributed by atoms with van der Waals surface area (Å²) in [6.07, 6.45) is 1.13. The summed E-state index contributed by atoms with van der Waals surface area (Å²) in [5, 5.41) is 0.